The minimum absolute atomic E-state index is 0.265. The molecule has 2 atom stereocenters. The van der Waals surface area contributed by atoms with Crippen molar-refractivity contribution in [3.63, 3.8) is 0 Å². The van der Waals surface area contributed by atoms with Crippen LogP contribution in [0.3, 0.4) is 0 Å². The van der Waals surface area contributed by atoms with Crippen molar-refractivity contribution in [3.8, 4) is 0 Å². The molecule has 5 heteroatoms. The van der Waals surface area contributed by atoms with Gasteiger partial charge in [-0.3, -0.25) is 9.98 Å². The highest BCUT2D eigenvalue weighted by molar-refractivity contribution is 5.92. The molecule has 0 aliphatic rings. The van der Waals surface area contributed by atoms with Gasteiger partial charge in [-0.2, -0.15) is 0 Å². The number of hydrogen-bond acceptors (Lipinski definition) is 3. The minimum atomic E-state index is -0.786. The Morgan fingerprint density at radius 1 is 1.42 bits per heavy atom. The summed E-state index contributed by atoms with van der Waals surface area (Å²) >= 11 is 0. The highest BCUT2D eigenvalue weighted by Gasteiger charge is 2.11. The second-order valence-corrected chi connectivity index (χ2v) is 4.60. The maximum Gasteiger partial charge on any atom is 0.136 e. The molecule has 110 valence electrons. The van der Waals surface area contributed by atoms with Crippen molar-refractivity contribution in [2.75, 3.05) is 6.54 Å². The zero-order valence-corrected chi connectivity index (χ0v) is 12.3. The van der Waals surface area contributed by atoms with Gasteiger partial charge in [0.15, 0.2) is 0 Å². The molecule has 0 aromatic rings. The Hall–Kier alpha value is -1.23. The van der Waals surface area contributed by atoms with Crippen LogP contribution in [0.25, 0.3) is 0 Å². The van der Waals surface area contributed by atoms with Crippen molar-refractivity contribution in [2.45, 2.75) is 52.6 Å². The van der Waals surface area contributed by atoms with E-state index in [0.717, 1.165) is 19.3 Å². The molecule has 0 radical (unpaired) electrons. The fourth-order valence-electron chi connectivity index (χ4n) is 1.81. The fourth-order valence-corrected chi connectivity index (χ4v) is 1.81. The summed E-state index contributed by atoms with van der Waals surface area (Å²) in [6.45, 7) is 6.29. The van der Waals surface area contributed by atoms with Gasteiger partial charge in [0.1, 0.15) is 5.84 Å². The van der Waals surface area contributed by atoms with Gasteiger partial charge >= 0.3 is 0 Å². The smallest absolute Gasteiger partial charge is 0.136 e. The molecule has 0 heterocycles. The van der Waals surface area contributed by atoms with Crippen LogP contribution in [-0.2, 0) is 0 Å². The summed E-state index contributed by atoms with van der Waals surface area (Å²) in [5, 5.41) is 0. The fraction of sp³-hybridized carbons (Fsp3) is 0.714. The highest BCUT2D eigenvalue weighted by Crippen LogP contribution is 2.15. The molecule has 0 bridgehead atoms. The zero-order valence-electron chi connectivity index (χ0n) is 12.3. The van der Waals surface area contributed by atoms with Gasteiger partial charge in [-0.1, -0.05) is 20.3 Å². The van der Waals surface area contributed by atoms with Gasteiger partial charge in [0.05, 0.1) is 6.17 Å². The molecule has 0 saturated heterocycles. The van der Waals surface area contributed by atoms with Crippen molar-refractivity contribution < 1.29 is 4.39 Å². The normalized spacial score (nSPS) is 16.2. The number of hydrazine groups is 1. The molecule has 4 nitrogen and oxygen atoms in total. The van der Waals surface area contributed by atoms with E-state index in [1.54, 1.807) is 25.4 Å². The third kappa shape index (κ3) is 10.4. The zero-order chi connectivity index (χ0) is 14.5. The van der Waals surface area contributed by atoms with E-state index >= 15 is 0 Å². The molecule has 0 aliphatic carbocycles. The van der Waals surface area contributed by atoms with E-state index in [0.29, 0.717) is 18.8 Å². The Morgan fingerprint density at radius 2 is 2.16 bits per heavy atom. The van der Waals surface area contributed by atoms with E-state index in [4.69, 9.17) is 5.84 Å². The summed E-state index contributed by atoms with van der Waals surface area (Å²) in [6.07, 6.45) is 7.83. The predicted octanol–water partition coefficient (Wildman–Crippen LogP) is 3.01. The third-order valence-corrected chi connectivity index (χ3v) is 2.63. The number of nitrogens with zero attached hydrogens (tertiary/aromatic N) is 2. The first-order valence-corrected chi connectivity index (χ1v) is 6.97. The second-order valence-electron chi connectivity index (χ2n) is 4.60. The monoisotopic (exact) mass is 270 g/mol. The summed E-state index contributed by atoms with van der Waals surface area (Å²) in [7, 11) is 0. The summed E-state index contributed by atoms with van der Waals surface area (Å²) < 4.78 is 13.0. The lowest BCUT2D eigenvalue weighted by molar-refractivity contribution is 0.282. The lowest BCUT2D eigenvalue weighted by Crippen LogP contribution is -2.29. The van der Waals surface area contributed by atoms with E-state index in [9.17, 15) is 4.39 Å². The van der Waals surface area contributed by atoms with E-state index in [1.807, 2.05) is 6.92 Å². The standard InChI is InChI=1S/C14H27FN4/c1-4-6-13(10-12(3)15)11-18-14(19-16)7-9-17-8-5-2/h7-9,12-13H,4-6,10-11,16H2,1-3H3,(H,18,19)/b9-7+,17-8?. The van der Waals surface area contributed by atoms with Gasteiger partial charge in [-0.15, -0.1) is 0 Å². The first-order chi connectivity index (χ1) is 9.13. The van der Waals surface area contributed by atoms with E-state index in [2.05, 4.69) is 22.3 Å². The van der Waals surface area contributed by atoms with Crippen LogP contribution in [0.5, 0.6) is 0 Å². The Balaban J connectivity index is 4.41. The van der Waals surface area contributed by atoms with Gasteiger partial charge in [0, 0.05) is 19.0 Å². The van der Waals surface area contributed by atoms with Gasteiger partial charge < -0.3 is 5.43 Å². The molecule has 2 unspecified atom stereocenters. The lowest BCUT2D eigenvalue weighted by atomic mass is 9.98. The van der Waals surface area contributed by atoms with Crippen LogP contribution in [0, 0.1) is 5.92 Å². The molecule has 0 aromatic carbocycles. The lowest BCUT2D eigenvalue weighted by Gasteiger charge is -2.14. The number of aliphatic imine (C=N–C) groups is 2. The summed E-state index contributed by atoms with van der Waals surface area (Å²) in [5.74, 6) is 6.23. The second kappa shape index (κ2) is 11.8. The van der Waals surface area contributed by atoms with Crippen molar-refractivity contribution in [1.82, 2.24) is 5.43 Å². The van der Waals surface area contributed by atoms with Crippen molar-refractivity contribution in [2.24, 2.45) is 21.7 Å². The Bertz CT molecular complexity index is 298. The molecule has 0 aromatic heterocycles. The SMILES string of the molecule is CCC=N/C=C/C(=NCC(CCC)CC(C)F)NN. The van der Waals surface area contributed by atoms with Crippen LogP contribution in [0.15, 0.2) is 22.3 Å². The number of rotatable bonds is 9. The number of halogens is 1. The first-order valence-electron chi connectivity index (χ1n) is 6.97. The average Bonchev–Trinajstić information content (AvgIpc) is 2.37. The van der Waals surface area contributed by atoms with Gasteiger partial charge in [0.25, 0.3) is 0 Å². The van der Waals surface area contributed by atoms with Gasteiger partial charge in [-0.25, -0.2) is 10.2 Å². The molecule has 0 rings (SSSR count). The molecule has 19 heavy (non-hydrogen) atoms. The van der Waals surface area contributed by atoms with E-state index in [1.165, 1.54) is 0 Å². The maximum absolute atomic E-state index is 13.0. The van der Waals surface area contributed by atoms with Crippen LogP contribution >= 0.6 is 0 Å². The van der Waals surface area contributed by atoms with Crippen LogP contribution in [-0.4, -0.2) is 24.8 Å². The summed E-state index contributed by atoms with van der Waals surface area (Å²) in [4.78, 5) is 8.41. The van der Waals surface area contributed by atoms with E-state index < -0.39 is 6.17 Å². The maximum atomic E-state index is 13.0. The molecule has 0 saturated carbocycles. The number of nitrogens with one attached hydrogen (secondary N) is 1. The molecule has 0 amide bonds. The molecular weight excluding hydrogens is 243 g/mol. The Morgan fingerprint density at radius 3 is 2.68 bits per heavy atom. The minimum Gasteiger partial charge on any atom is -0.309 e. The van der Waals surface area contributed by atoms with Crippen molar-refractivity contribution in [1.29, 1.82) is 0 Å². The largest absolute Gasteiger partial charge is 0.309 e. The van der Waals surface area contributed by atoms with Gasteiger partial charge in [0.2, 0.25) is 0 Å². The Kier molecular flexibility index (Phi) is 11.1. The van der Waals surface area contributed by atoms with Crippen LogP contribution in [0.1, 0.15) is 46.5 Å². The molecule has 0 fully saturated rings. The number of nitrogens with two attached hydrogens (primary N) is 1. The third-order valence-electron chi connectivity index (χ3n) is 2.63. The first kappa shape index (κ1) is 17.8. The van der Waals surface area contributed by atoms with Gasteiger partial charge in [-0.05, 0) is 38.2 Å². The van der Waals surface area contributed by atoms with Crippen LogP contribution in [0.4, 0.5) is 4.39 Å². The molecular formula is C14H27FN4. The highest BCUT2D eigenvalue weighted by atomic mass is 19.1. The summed E-state index contributed by atoms with van der Waals surface area (Å²) in [6, 6.07) is 0. The summed E-state index contributed by atoms with van der Waals surface area (Å²) in [5.41, 5.74) is 2.53. The number of alkyl halides is 1. The quantitative estimate of drug-likeness (QED) is 0.293. The predicted molar refractivity (Wildman–Crippen MR) is 81.1 cm³/mol. The van der Waals surface area contributed by atoms with Crippen molar-refractivity contribution >= 4 is 12.1 Å². The van der Waals surface area contributed by atoms with Crippen LogP contribution in [0.2, 0.25) is 0 Å². The molecule has 3 N–H and O–H groups in total. The van der Waals surface area contributed by atoms with Crippen LogP contribution < -0.4 is 11.3 Å². The number of hydrogen-bond donors (Lipinski definition) is 2. The average molecular weight is 270 g/mol. The molecule has 0 spiro atoms. The Labute approximate surface area is 116 Å². The van der Waals surface area contributed by atoms with Crippen molar-refractivity contribution in [3.05, 3.63) is 12.3 Å². The topological polar surface area (TPSA) is 62.8 Å². The molecule has 0 aliphatic heterocycles. The number of amidine groups is 1. The van der Waals surface area contributed by atoms with E-state index in [-0.39, 0.29) is 5.92 Å².